The SMILES string of the molecule is CCC(C)C(N)C(=O)Nc1nc2c(Cl)cccc2[nH]1. The predicted molar refractivity (Wildman–Crippen MR) is 77.2 cm³/mol. The third kappa shape index (κ3) is 2.88. The third-order valence-electron chi connectivity index (χ3n) is 3.26. The Kier molecular flexibility index (Phi) is 4.07. The Morgan fingerprint density at radius 1 is 1.58 bits per heavy atom. The molecule has 0 aliphatic carbocycles. The summed E-state index contributed by atoms with van der Waals surface area (Å²) in [4.78, 5) is 19.2. The Labute approximate surface area is 116 Å². The van der Waals surface area contributed by atoms with Gasteiger partial charge in [0.15, 0.2) is 0 Å². The van der Waals surface area contributed by atoms with E-state index < -0.39 is 6.04 Å². The number of benzene rings is 1. The number of carbonyl (C=O) groups is 1. The summed E-state index contributed by atoms with van der Waals surface area (Å²) in [6.45, 7) is 3.94. The second kappa shape index (κ2) is 5.59. The standard InChI is InChI=1S/C13H17ClN4O/c1-3-7(2)10(15)12(19)18-13-16-9-6-4-5-8(14)11(9)17-13/h4-7,10H,3,15H2,1-2H3,(H2,16,17,18,19). The van der Waals surface area contributed by atoms with E-state index in [4.69, 9.17) is 17.3 Å². The van der Waals surface area contributed by atoms with Gasteiger partial charge in [0.05, 0.1) is 16.6 Å². The number of hydrogen-bond acceptors (Lipinski definition) is 3. The van der Waals surface area contributed by atoms with Gasteiger partial charge in [0, 0.05) is 0 Å². The maximum atomic E-state index is 11.9. The number of halogens is 1. The van der Waals surface area contributed by atoms with E-state index in [9.17, 15) is 4.79 Å². The van der Waals surface area contributed by atoms with Crippen LogP contribution in [0.25, 0.3) is 11.0 Å². The summed E-state index contributed by atoms with van der Waals surface area (Å²) in [7, 11) is 0. The molecule has 4 N–H and O–H groups in total. The Bertz CT molecular complexity index is 595. The predicted octanol–water partition coefficient (Wildman–Crippen LogP) is 2.53. The molecule has 1 aromatic heterocycles. The maximum absolute atomic E-state index is 11.9. The van der Waals surface area contributed by atoms with Crippen molar-refractivity contribution >= 4 is 34.5 Å². The van der Waals surface area contributed by atoms with Crippen LogP contribution in [0, 0.1) is 5.92 Å². The zero-order valence-corrected chi connectivity index (χ0v) is 11.7. The molecule has 0 bridgehead atoms. The summed E-state index contributed by atoms with van der Waals surface area (Å²) in [6, 6.07) is 4.87. The number of anilines is 1. The van der Waals surface area contributed by atoms with Gasteiger partial charge in [0.25, 0.3) is 0 Å². The molecule has 5 nitrogen and oxygen atoms in total. The number of para-hydroxylation sites is 1. The van der Waals surface area contributed by atoms with Crippen LogP contribution in [0.15, 0.2) is 18.2 Å². The molecule has 0 aliphatic heterocycles. The summed E-state index contributed by atoms with van der Waals surface area (Å²) in [5.41, 5.74) is 7.28. The summed E-state index contributed by atoms with van der Waals surface area (Å²) in [5, 5.41) is 3.23. The van der Waals surface area contributed by atoms with Gasteiger partial charge in [-0.2, -0.15) is 0 Å². The Morgan fingerprint density at radius 2 is 2.32 bits per heavy atom. The highest BCUT2D eigenvalue weighted by Gasteiger charge is 2.20. The summed E-state index contributed by atoms with van der Waals surface area (Å²) in [5.74, 6) is 0.240. The zero-order valence-electron chi connectivity index (χ0n) is 10.9. The van der Waals surface area contributed by atoms with Gasteiger partial charge in [-0.3, -0.25) is 10.1 Å². The topological polar surface area (TPSA) is 83.8 Å². The molecule has 19 heavy (non-hydrogen) atoms. The molecule has 2 unspecified atom stereocenters. The number of amides is 1. The van der Waals surface area contributed by atoms with Gasteiger partial charge in [-0.15, -0.1) is 0 Å². The Hall–Kier alpha value is -1.59. The van der Waals surface area contributed by atoms with E-state index in [0.717, 1.165) is 11.9 Å². The fourth-order valence-corrected chi connectivity index (χ4v) is 1.99. The summed E-state index contributed by atoms with van der Waals surface area (Å²) in [6.07, 6.45) is 0.848. The third-order valence-corrected chi connectivity index (χ3v) is 3.57. The number of nitrogens with two attached hydrogens (primary N) is 1. The molecule has 1 heterocycles. The number of nitrogens with zero attached hydrogens (tertiary/aromatic N) is 1. The van der Waals surface area contributed by atoms with Gasteiger partial charge in [-0.25, -0.2) is 4.98 Å². The van der Waals surface area contributed by atoms with Crippen molar-refractivity contribution in [3.63, 3.8) is 0 Å². The monoisotopic (exact) mass is 280 g/mol. The molecule has 1 amide bonds. The Balaban J connectivity index is 2.18. The lowest BCUT2D eigenvalue weighted by molar-refractivity contribution is -0.118. The van der Waals surface area contributed by atoms with Crippen molar-refractivity contribution < 1.29 is 4.79 Å². The van der Waals surface area contributed by atoms with Crippen molar-refractivity contribution in [1.82, 2.24) is 9.97 Å². The number of carbonyl (C=O) groups excluding carboxylic acids is 1. The normalized spacial score (nSPS) is 14.3. The van der Waals surface area contributed by atoms with Gasteiger partial charge in [0.1, 0.15) is 5.52 Å². The van der Waals surface area contributed by atoms with Crippen LogP contribution in [-0.4, -0.2) is 21.9 Å². The number of rotatable bonds is 4. The van der Waals surface area contributed by atoms with Crippen LogP contribution >= 0.6 is 11.6 Å². The molecule has 2 atom stereocenters. The largest absolute Gasteiger partial charge is 0.324 e. The average Bonchev–Trinajstić information content (AvgIpc) is 2.80. The van der Waals surface area contributed by atoms with Crippen LogP contribution in [0.2, 0.25) is 5.02 Å². The molecule has 0 fully saturated rings. The molecule has 102 valence electrons. The lowest BCUT2D eigenvalue weighted by Gasteiger charge is -2.16. The molecule has 2 aromatic rings. The van der Waals surface area contributed by atoms with Gasteiger partial charge in [-0.1, -0.05) is 37.9 Å². The fraction of sp³-hybridized carbons (Fsp3) is 0.385. The van der Waals surface area contributed by atoms with Gasteiger partial charge < -0.3 is 10.7 Å². The highest BCUT2D eigenvalue weighted by molar-refractivity contribution is 6.35. The van der Waals surface area contributed by atoms with E-state index in [1.54, 1.807) is 6.07 Å². The summed E-state index contributed by atoms with van der Waals surface area (Å²) < 4.78 is 0. The molecule has 2 rings (SSSR count). The smallest absolute Gasteiger partial charge is 0.243 e. The molecule has 1 aromatic carbocycles. The van der Waals surface area contributed by atoms with E-state index >= 15 is 0 Å². The minimum atomic E-state index is -0.548. The molecule has 0 radical (unpaired) electrons. The van der Waals surface area contributed by atoms with Crippen molar-refractivity contribution in [1.29, 1.82) is 0 Å². The quantitative estimate of drug-likeness (QED) is 0.805. The number of aromatic nitrogens is 2. The second-order valence-electron chi connectivity index (χ2n) is 4.62. The van der Waals surface area contributed by atoms with Crippen molar-refractivity contribution in [3.8, 4) is 0 Å². The highest BCUT2D eigenvalue weighted by atomic mass is 35.5. The lowest BCUT2D eigenvalue weighted by Crippen LogP contribution is -2.40. The second-order valence-corrected chi connectivity index (χ2v) is 5.03. The molecule has 0 saturated carbocycles. The van der Waals surface area contributed by atoms with Gasteiger partial charge in [-0.05, 0) is 18.1 Å². The van der Waals surface area contributed by atoms with E-state index in [1.807, 2.05) is 26.0 Å². The summed E-state index contributed by atoms with van der Waals surface area (Å²) >= 11 is 6.02. The number of fused-ring (bicyclic) bond motifs is 1. The van der Waals surface area contributed by atoms with Crippen molar-refractivity contribution in [2.24, 2.45) is 11.7 Å². The van der Waals surface area contributed by atoms with E-state index in [0.29, 0.717) is 16.5 Å². The van der Waals surface area contributed by atoms with E-state index in [2.05, 4.69) is 15.3 Å². The molecule has 0 aliphatic rings. The number of H-pyrrole nitrogens is 1. The number of hydrogen-bond donors (Lipinski definition) is 3. The van der Waals surface area contributed by atoms with E-state index in [-0.39, 0.29) is 11.8 Å². The molecular weight excluding hydrogens is 264 g/mol. The number of nitrogens with one attached hydrogen (secondary N) is 2. The van der Waals surface area contributed by atoms with Crippen LogP contribution in [0.4, 0.5) is 5.95 Å². The first kappa shape index (κ1) is 13.8. The Morgan fingerprint density at radius 3 is 2.95 bits per heavy atom. The van der Waals surface area contributed by atoms with Crippen LogP contribution in [0.5, 0.6) is 0 Å². The van der Waals surface area contributed by atoms with Crippen molar-refractivity contribution in [2.75, 3.05) is 5.32 Å². The van der Waals surface area contributed by atoms with Crippen LogP contribution in [-0.2, 0) is 4.79 Å². The average molecular weight is 281 g/mol. The van der Waals surface area contributed by atoms with Crippen molar-refractivity contribution in [2.45, 2.75) is 26.3 Å². The fourth-order valence-electron chi connectivity index (χ4n) is 1.77. The van der Waals surface area contributed by atoms with Crippen molar-refractivity contribution in [3.05, 3.63) is 23.2 Å². The highest BCUT2D eigenvalue weighted by Crippen LogP contribution is 2.22. The van der Waals surface area contributed by atoms with Gasteiger partial charge in [0.2, 0.25) is 11.9 Å². The maximum Gasteiger partial charge on any atom is 0.243 e. The zero-order chi connectivity index (χ0) is 14.0. The van der Waals surface area contributed by atoms with E-state index in [1.165, 1.54) is 0 Å². The lowest BCUT2D eigenvalue weighted by atomic mass is 10.00. The first-order valence-corrected chi connectivity index (χ1v) is 6.61. The van der Waals surface area contributed by atoms with Gasteiger partial charge >= 0.3 is 0 Å². The number of imidazole rings is 1. The molecule has 0 spiro atoms. The first-order chi connectivity index (χ1) is 9.02. The van der Waals surface area contributed by atoms with Crippen LogP contribution in [0.1, 0.15) is 20.3 Å². The molecular formula is C13H17ClN4O. The molecule has 6 heteroatoms. The minimum Gasteiger partial charge on any atom is -0.324 e. The molecule has 0 saturated heterocycles. The number of aromatic amines is 1. The first-order valence-electron chi connectivity index (χ1n) is 6.23. The minimum absolute atomic E-state index is 0.118. The van der Waals surface area contributed by atoms with Crippen LogP contribution in [0.3, 0.4) is 0 Å². The van der Waals surface area contributed by atoms with Crippen LogP contribution < -0.4 is 11.1 Å².